The Hall–Kier alpha value is -0.550. The highest BCUT2D eigenvalue weighted by Gasteiger charge is 2.15. The van der Waals surface area contributed by atoms with Gasteiger partial charge < -0.3 is 9.47 Å². The Labute approximate surface area is 99.3 Å². The second-order valence-corrected chi connectivity index (χ2v) is 3.59. The normalized spacial score (nSPS) is 10.5. The third-order valence-electron chi connectivity index (χ3n) is 1.65. The van der Waals surface area contributed by atoms with E-state index in [0.29, 0.717) is 5.33 Å². The fourth-order valence-corrected chi connectivity index (χ4v) is 1.66. The van der Waals surface area contributed by atoms with Gasteiger partial charge in [0.15, 0.2) is 11.5 Å². The maximum absolute atomic E-state index is 12.1. The smallest absolute Gasteiger partial charge is 0.387 e. The summed E-state index contributed by atoms with van der Waals surface area (Å²) in [5, 5.41) is 0.655. The number of hydrogen-bond donors (Lipinski definition) is 0. The van der Waals surface area contributed by atoms with Gasteiger partial charge in [-0.1, -0.05) is 27.5 Å². The fraction of sp³-hybridized carbons (Fsp3) is 0.333. The van der Waals surface area contributed by atoms with Crippen LogP contribution < -0.4 is 9.47 Å². The van der Waals surface area contributed by atoms with Gasteiger partial charge in [-0.15, -0.1) is 0 Å². The number of benzene rings is 1. The average molecular weight is 302 g/mol. The van der Waals surface area contributed by atoms with Crippen molar-refractivity contribution < 1.29 is 18.3 Å². The van der Waals surface area contributed by atoms with Crippen LogP contribution in [0.3, 0.4) is 0 Å². The highest BCUT2D eigenvalue weighted by atomic mass is 79.9. The molecule has 0 unspecified atom stereocenters. The van der Waals surface area contributed by atoms with Crippen molar-refractivity contribution >= 4 is 27.5 Å². The Kier molecular flexibility index (Phi) is 4.60. The topological polar surface area (TPSA) is 18.5 Å². The van der Waals surface area contributed by atoms with E-state index < -0.39 is 6.61 Å². The molecule has 84 valence electrons. The molecule has 2 nitrogen and oxygen atoms in total. The lowest BCUT2D eigenvalue weighted by Crippen LogP contribution is -2.04. The highest BCUT2D eigenvalue weighted by Crippen LogP contribution is 2.37. The summed E-state index contributed by atoms with van der Waals surface area (Å²) < 4.78 is 33.3. The van der Waals surface area contributed by atoms with Gasteiger partial charge in [-0.25, -0.2) is 0 Å². The predicted octanol–water partition coefficient (Wildman–Crippen LogP) is 3.84. The van der Waals surface area contributed by atoms with Gasteiger partial charge >= 0.3 is 6.61 Å². The molecule has 0 N–H and O–H groups in total. The van der Waals surface area contributed by atoms with E-state index >= 15 is 0 Å². The molecular weight excluding hydrogens is 293 g/mol. The zero-order valence-corrected chi connectivity index (χ0v) is 10.1. The lowest BCUT2D eigenvalue weighted by molar-refractivity contribution is -0.0511. The quantitative estimate of drug-likeness (QED) is 0.787. The molecule has 0 heterocycles. The van der Waals surface area contributed by atoms with E-state index in [2.05, 4.69) is 20.7 Å². The van der Waals surface area contributed by atoms with Crippen molar-refractivity contribution in [1.82, 2.24) is 0 Å². The molecule has 15 heavy (non-hydrogen) atoms. The van der Waals surface area contributed by atoms with Crippen LogP contribution in [0.25, 0.3) is 0 Å². The van der Waals surface area contributed by atoms with Crippen molar-refractivity contribution in [1.29, 1.82) is 0 Å². The molecule has 0 spiro atoms. The molecular formula is C9H8BrClF2O2. The Bertz CT molecular complexity index is 347. The molecule has 0 saturated carbocycles. The molecule has 0 aliphatic heterocycles. The van der Waals surface area contributed by atoms with Gasteiger partial charge in [0.2, 0.25) is 0 Å². The van der Waals surface area contributed by atoms with Crippen molar-refractivity contribution in [3.8, 4) is 11.5 Å². The first-order valence-electron chi connectivity index (χ1n) is 3.95. The fourth-order valence-electron chi connectivity index (χ4n) is 1.05. The van der Waals surface area contributed by atoms with Gasteiger partial charge in [-0.05, 0) is 17.7 Å². The van der Waals surface area contributed by atoms with Gasteiger partial charge in [-0.2, -0.15) is 8.78 Å². The minimum Gasteiger partial charge on any atom is -0.493 e. The van der Waals surface area contributed by atoms with E-state index in [4.69, 9.17) is 16.3 Å². The van der Waals surface area contributed by atoms with Gasteiger partial charge in [0, 0.05) is 5.33 Å². The van der Waals surface area contributed by atoms with E-state index in [1.807, 2.05) is 0 Å². The van der Waals surface area contributed by atoms with Crippen molar-refractivity contribution in [3.63, 3.8) is 0 Å². The number of rotatable bonds is 4. The summed E-state index contributed by atoms with van der Waals surface area (Å²) in [6, 6.07) is 3.12. The van der Waals surface area contributed by atoms with Crippen molar-refractivity contribution in [2.45, 2.75) is 11.9 Å². The van der Waals surface area contributed by atoms with Crippen LogP contribution in [-0.4, -0.2) is 13.7 Å². The van der Waals surface area contributed by atoms with E-state index in [9.17, 15) is 8.78 Å². The van der Waals surface area contributed by atoms with Crippen LogP contribution in [0.15, 0.2) is 12.1 Å². The number of ether oxygens (including phenoxy) is 2. The maximum atomic E-state index is 12.1. The molecule has 0 radical (unpaired) electrons. The molecule has 0 fully saturated rings. The van der Waals surface area contributed by atoms with E-state index in [1.54, 1.807) is 6.07 Å². The van der Waals surface area contributed by atoms with Crippen LogP contribution in [-0.2, 0) is 5.33 Å². The number of methoxy groups -OCH3 is 1. The van der Waals surface area contributed by atoms with Crippen LogP contribution >= 0.6 is 27.5 Å². The monoisotopic (exact) mass is 300 g/mol. The van der Waals surface area contributed by atoms with Crippen molar-refractivity contribution in [2.24, 2.45) is 0 Å². The van der Waals surface area contributed by atoms with Gasteiger partial charge in [0.05, 0.1) is 12.1 Å². The maximum Gasteiger partial charge on any atom is 0.387 e. The molecule has 6 heteroatoms. The Morgan fingerprint density at radius 1 is 1.47 bits per heavy atom. The first-order chi connectivity index (χ1) is 7.08. The van der Waals surface area contributed by atoms with Crippen LogP contribution in [0.2, 0.25) is 5.02 Å². The largest absolute Gasteiger partial charge is 0.493 e. The first-order valence-corrected chi connectivity index (χ1v) is 5.45. The summed E-state index contributed by atoms with van der Waals surface area (Å²) >= 11 is 9.00. The van der Waals surface area contributed by atoms with Gasteiger partial charge in [-0.3, -0.25) is 0 Å². The second kappa shape index (κ2) is 5.51. The summed E-state index contributed by atoms with van der Waals surface area (Å²) in [4.78, 5) is 0. The summed E-state index contributed by atoms with van der Waals surface area (Å²) in [7, 11) is 1.36. The Balaban J connectivity index is 3.12. The van der Waals surface area contributed by atoms with Crippen molar-refractivity contribution in [3.05, 3.63) is 22.7 Å². The summed E-state index contributed by atoms with van der Waals surface area (Å²) in [5.41, 5.74) is 0.818. The third-order valence-corrected chi connectivity index (χ3v) is 2.58. The molecule has 0 atom stereocenters. The Morgan fingerprint density at radius 3 is 2.60 bits per heavy atom. The molecule has 0 amide bonds. The lowest BCUT2D eigenvalue weighted by atomic mass is 10.2. The van der Waals surface area contributed by atoms with Crippen LogP contribution in [0.4, 0.5) is 8.78 Å². The summed E-state index contributed by atoms with van der Waals surface area (Å²) in [6.07, 6.45) is 0. The zero-order valence-electron chi connectivity index (χ0n) is 7.77. The molecule has 0 aliphatic rings. The van der Waals surface area contributed by atoms with Crippen LogP contribution in [0.5, 0.6) is 11.5 Å². The van der Waals surface area contributed by atoms with Crippen LogP contribution in [0, 0.1) is 0 Å². The van der Waals surface area contributed by atoms with E-state index in [1.165, 1.54) is 13.2 Å². The molecule has 1 aromatic rings. The number of halogens is 4. The highest BCUT2D eigenvalue weighted by molar-refractivity contribution is 9.08. The SMILES string of the molecule is COc1cc(CBr)cc(Cl)c1OC(F)F. The molecule has 1 aromatic carbocycles. The summed E-state index contributed by atoms with van der Waals surface area (Å²) in [6.45, 7) is -2.92. The zero-order chi connectivity index (χ0) is 11.4. The standard InChI is InChI=1S/C9H8BrClF2O2/c1-14-7-3-5(4-10)2-6(11)8(7)15-9(12)13/h2-3,9H,4H2,1H3. The summed E-state index contributed by atoms with van der Waals surface area (Å²) in [5.74, 6) is 0.0520. The molecule has 0 aliphatic carbocycles. The minimum absolute atomic E-state index is 0.101. The first kappa shape index (κ1) is 12.5. The van der Waals surface area contributed by atoms with E-state index in [0.717, 1.165) is 5.56 Å². The van der Waals surface area contributed by atoms with Crippen LogP contribution in [0.1, 0.15) is 5.56 Å². The molecule has 1 rings (SSSR count). The van der Waals surface area contributed by atoms with E-state index in [-0.39, 0.29) is 16.5 Å². The minimum atomic E-state index is -2.92. The predicted molar refractivity (Wildman–Crippen MR) is 57.3 cm³/mol. The number of hydrogen-bond acceptors (Lipinski definition) is 2. The third kappa shape index (κ3) is 3.21. The Morgan fingerprint density at radius 2 is 2.13 bits per heavy atom. The van der Waals surface area contributed by atoms with Gasteiger partial charge in [0.25, 0.3) is 0 Å². The van der Waals surface area contributed by atoms with Crippen molar-refractivity contribution in [2.75, 3.05) is 7.11 Å². The lowest BCUT2D eigenvalue weighted by Gasteiger charge is -2.12. The number of alkyl halides is 3. The second-order valence-electron chi connectivity index (χ2n) is 2.62. The van der Waals surface area contributed by atoms with Gasteiger partial charge in [0.1, 0.15) is 0 Å². The molecule has 0 saturated heterocycles. The molecule has 0 bridgehead atoms. The average Bonchev–Trinajstić information content (AvgIpc) is 2.20. The molecule has 0 aromatic heterocycles.